The number of para-hydroxylation sites is 1. The van der Waals surface area contributed by atoms with E-state index in [-0.39, 0.29) is 18.1 Å². The predicted octanol–water partition coefficient (Wildman–Crippen LogP) is 4.52. The molecule has 1 aliphatic heterocycles. The first kappa shape index (κ1) is 21.2. The first-order chi connectivity index (χ1) is 14.9. The Balaban J connectivity index is 1.54. The van der Waals surface area contributed by atoms with Gasteiger partial charge in [0.1, 0.15) is 19.0 Å². The van der Waals surface area contributed by atoms with Crippen LogP contribution in [0.1, 0.15) is 11.1 Å². The van der Waals surface area contributed by atoms with E-state index in [1.165, 1.54) is 12.1 Å². The number of hydrogen-bond donors (Lipinski definition) is 0. The van der Waals surface area contributed by atoms with Gasteiger partial charge >= 0.3 is 0 Å². The third kappa shape index (κ3) is 4.52. The molecule has 1 aliphatic rings. The molecule has 0 aliphatic carbocycles. The lowest BCUT2D eigenvalue weighted by Crippen LogP contribution is -2.34. The van der Waals surface area contributed by atoms with Crippen LogP contribution in [0, 0.1) is 13.8 Å². The van der Waals surface area contributed by atoms with E-state index < -0.39 is 16.2 Å². The molecular formula is C24H24O6S. The molecule has 4 rings (SSSR count). The lowest BCUT2D eigenvalue weighted by Gasteiger charge is -2.28. The standard InChI is InChI=1S/C24H24O6S/c1-16-7-10-20(11-8-16)31(25,26)29-15-19-14-28-23-6-4-5-22(24(23)30-19)21-12-9-18(27-3)13-17(21)2/h4-13,19H,14-15H2,1-3H3/t19-/m1/s1. The molecule has 0 unspecified atom stereocenters. The predicted molar refractivity (Wildman–Crippen MR) is 117 cm³/mol. The minimum Gasteiger partial charge on any atom is -0.497 e. The van der Waals surface area contributed by atoms with E-state index >= 15 is 0 Å². The number of rotatable bonds is 6. The molecule has 0 aromatic heterocycles. The van der Waals surface area contributed by atoms with Crippen LogP contribution in [-0.4, -0.2) is 34.8 Å². The molecule has 0 amide bonds. The molecule has 31 heavy (non-hydrogen) atoms. The van der Waals surface area contributed by atoms with Crippen LogP contribution in [0.5, 0.6) is 17.2 Å². The molecule has 0 spiro atoms. The van der Waals surface area contributed by atoms with Gasteiger partial charge in [-0.05, 0) is 55.3 Å². The second-order valence-corrected chi connectivity index (χ2v) is 9.03. The number of benzene rings is 3. The van der Waals surface area contributed by atoms with Gasteiger partial charge in [-0.25, -0.2) is 0 Å². The summed E-state index contributed by atoms with van der Waals surface area (Å²) < 4.78 is 47.5. The van der Waals surface area contributed by atoms with Crippen molar-refractivity contribution in [1.29, 1.82) is 0 Å². The molecule has 7 heteroatoms. The molecule has 0 fully saturated rings. The van der Waals surface area contributed by atoms with Crippen LogP contribution in [0.2, 0.25) is 0 Å². The largest absolute Gasteiger partial charge is 0.497 e. The first-order valence-corrected chi connectivity index (χ1v) is 11.3. The zero-order valence-electron chi connectivity index (χ0n) is 17.6. The van der Waals surface area contributed by atoms with Crippen LogP contribution in [0.15, 0.2) is 65.6 Å². The zero-order valence-corrected chi connectivity index (χ0v) is 18.4. The Bertz CT molecular complexity index is 1190. The number of methoxy groups -OCH3 is 1. The maximum absolute atomic E-state index is 12.5. The van der Waals surface area contributed by atoms with Gasteiger partial charge in [-0.2, -0.15) is 8.42 Å². The molecule has 0 bridgehead atoms. The van der Waals surface area contributed by atoms with E-state index in [4.69, 9.17) is 18.4 Å². The summed E-state index contributed by atoms with van der Waals surface area (Å²) in [6.45, 7) is 3.94. The molecule has 162 valence electrons. The fourth-order valence-electron chi connectivity index (χ4n) is 3.43. The molecule has 0 N–H and O–H groups in total. The van der Waals surface area contributed by atoms with E-state index in [1.54, 1.807) is 19.2 Å². The Morgan fingerprint density at radius 1 is 1.00 bits per heavy atom. The molecular weight excluding hydrogens is 416 g/mol. The Morgan fingerprint density at radius 2 is 1.77 bits per heavy atom. The maximum atomic E-state index is 12.5. The molecule has 0 saturated carbocycles. The highest BCUT2D eigenvalue weighted by Gasteiger charge is 2.27. The van der Waals surface area contributed by atoms with Gasteiger partial charge in [0.2, 0.25) is 0 Å². The summed E-state index contributed by atoms with van der Waals surface area (Å²) in [5.74, 6) is 1.96. The highest BCUT2D eigenvalue weighted by Crippen LogP contribution is 2.42. The van der Waals surface area contributed by atoms with Crippen LogP contribution in [-0.2, 0) is 14.3 Å². The minimum atomic E-state index is -3.88. The lowest BCUT2D eigenvalue weighted by molar-refractivity contribution is 0.0561. The van der Waals surface area contributed by atoms with Crippen LogP contribution < -0.4 is 14.2 Å². The van der Waals surface area contributed by atoms with E-state index in [0.29, 0.717) is 11.5 Å². The summed E-state index contributed by atoms with van der Waals surface area (Å²) in [6, 6.07) is 18.0. The lowest BCUT2D eigenvalue weighted by atomic mass is 9.98. The smallest absolute Gasteiger partial charge is 0.297 e. The molecule has 1 heterocycles. The van der Waals surface area contributed by atoms with Crippen molar-refractivity contribution in [3.8, 4) is 28.4 Å². The topological polar surface area (TPSA) is 71.1 Å². The Kier molecular flexibility index (Phi) is 5.89. The van der Waals surface area contributed by atoms with Crippen LogP contribution >= 0.6 is 0 Å². The zero-order chi connectivity index (χ0) is 22.0. The molecule has 1 atom stereocenters. The molecule has 3 aromatic carbocycles. The quantitative estimate of drug-likeness (QED) is 0.525. The third-order valence-electron chi connectivity index (χ3n) is 5.13. The molecule has 3 aromatic rings. The average Bonchev–Trinajstić information content (AvgIpc) is 2.77. The SMILES string of the molecule is COc1ccc(-c2cccc3c2O[C@@H](COS(=O)(=O)c2ccc(C)cc2)CO3)c(C)c1. The summed E-state index contributed by atoms with van der Waals surface area (Å²) in [7, 11) is -2.25. The van der Waals surface area contributed by atoms with Crippen molar-refractivity contribution in [3.63, 3.8) is 0 Å². The second kappa shape index (κ2) is 8.61. The highest BCUT2D eigenvalue weighted by atomic mass is 32.2. The summed E-state index contributed by atoms with van der Waals surface area (Å²) in [5, 5.41) is 0. The average molecular weight is 441 g/mol. The summed E-state index contributed by atoms with van der Waals surface area (Å²) in [6.07, 6.45) is -0.563. The second-order valence-electron chi connectivity index (χ2n) is 7.42. The number of hydrogen-bond acceptors (Lipinski definition) is 6. The minimum absolute atomic E-state index is 0.116. The van der Waals surface area contributed by atoms with Crippen molar-refractivity contribution >= 4 is 10.1 Å². The Morgan fingerprint density at radius 3 is 2.48 bits per heavy atom. The fraction of sp³-hybridized carbons (Fsp3) is 0.250. The molecule has 6 nitrogen and oxygen atoms in total. The maximum Gasteiger partial charge on any atom is 0.297 e. The fourth-order valence-corrected chi connectivity index (χ4v) is 4.37. The van der Waals surface area contributed by atoms with E-state index in [2.05, 4.69) is 0 Å². The van der Waals surface area contributed by atoms with E-state index in [1.807, 2.05) is 50.2 Å². The van der Waals surface area contributed by atoms with Gasteiger partial charge in [-0.15, -0.1) is 0 Å². The highest BCUT2D eigenvalue weighted by molar-refractivity contribution is 7.86. The van der Waals surface area contributed by atoms with Gasteiger partial charge < -0.3 is 14.2 Å². The molecule has 0 radical (unpaired) electrons. The number of fused-ring (bicyclic) bond motifs is 1. The van der Waals surface area contributed by atoms with Gasteiger partial charge in [0, 0.05) is 5.56 Å². The Hall–Kier alpha value is -3.03. The van der Waals surface area contributed by atoms with Gasteiger partial charge in [-0.1, -0.05) is 35.9 Å². The van der Waals surface area contributed by atoms with E-state index in [0.717, 1.165) is 28.0 Å². The van der Waals surface area contributed by atoms with Crippen molar-refractivity contribution in [3.05, 3.63) is 71.8 Å². The van der Waals surface area contributed by atoms with Crippen molar-refractivity contribution in [1.82, 2.24) is 0 Å². The van der Waals surface area contributed by atoms with Crippen LogP contribution in [0.4, 0.5) is 0 Å². The monoisotopic (exact) mass is 440 g/mol. The van der Waals surface area contributed by atoms with Crippen molar-refractivity contribution < 1.29 is 26.8 Å². The van der Waals surface area contributed by atoms with Gasteiger partial charge in [-0.3, -0.25) is 4.18 Å². The number of aryl methyl sites for hydroxylation is 2. The number of ether oxygens (including phenoxy) is 3. The van der Waals surface area contributed by atoms with Crippen LogP contribution in [0.25, 0.3) is 11.1 Å². The van der Waals surface area contributed by atoms with Gasteiger partial charge in [0.15, 0.2) is 17.6 Å². The summed E-state index contributed by atoms with van der Waals surface area (Å²) in [5.41, 5.74) is 3.84. The van der Waals surface area contributed by atoms with Crippen molar-refractivity contribution in [2.45, 2.75) is 24.8 Å². The van der Waals surface area contributed by atoms with Crippen molar-refractivity contribution in [2.75, 3.05) is 20.3 Å². The van der Waals surface area contributed by atoms with Gasteiger partial charge in [0.25, 0.3) is 10.1 Å². The molecule has 0 saturated heterocycles. The van der Waals surface area contributed by atoms with Crippen molar-refractivity contribution in [2.24, 2.45) is 0 Å². The van der Waals surface area contributed by atoms with Gasteiger partial charge in [0.05, 0.1) is 12.0 Å². The summed E-state index contributed by atoms with van der Waals surface area (Å²) in [4.78, 5) is 0.116. The van der Waals surface area contributed by atoms with Crippen LogP contribution in [0.3, 0.4) is 0 Å². The summed E-state index contributed by atoms with van der Waals surface area (Å²) >= 11 is 0. The van der Waals surface area contributed by atoms with E-state index in [9.17, 15) is 8.42 Å². The Labute approximate surface area is 182 Å². The first-order valence-electron chi connectivity index (χ1n) is 9.91. The normalized spacial score (nSPS) is 15.5. The third-order valence-corrected chi connectivity index (χ3v) is 6.43.